The molecule has 2 rings (SSSR count). The largest absolute Gasteiger partial charge is 0.385 e. The molecule has 102 valence electrons. The van der Waals surface area contributed by atoms with E-state index >= 15 is 0 Å². The van der Waals surface area contributed by atoms with Crippen LogP contribution in [0.4, 0.5) is 5.69 Å². The Morgan fingerprint density at radius 2 is 1.89 bits per heavy atom. The van der Waals surface area contributed by atoms with Crippen molar-refractivity contribution >= 4 is 17.4 Å². The predicted molar refractivity (Wildman–Crippen MR) is 70.4 cm³/mol. The fourth-order valence-corrected chi connectivity index (χ4v) is 2.03. The van der Waals surface area contributed by atoms with Crippen LogP contribution in [0.1, 0.15) is 16.8 Å². The zero-order valence-electron chi connectivity index (χ0n) is 10.9. The van der Waals surface area contributed by atoms with Gasteiger partial charge >= 0.3 is 0 Å². The first-order valence-electron chi connectivity index (χ1n) is 6.27. The van der Waals surface area contributed by atoms with Crippen molar-refractivity contribution in [3.05, 3.63) is 29.8 Å². The number of fused-ring (bicyclic) bond motifs is 1. The lowest BCUT2D eigenvalue weighted by Gasteiger charge is -2.16. The van der Waals surface area contributed by atoms with Crippen LogP contribution < -0.4 is 4.90 Å². The average molecular weight is 263 g/mol. The molecule has 0 bridgehead atoms. The number of carbonyl (C=O) groups is 2. The van der Waals surface area contributed by atoms with E-state index in [9.17, 15) is 9.59 Å². The van der Waals surface area contributed by atoms with Crippen molar-refractivity contribution in [2.24, 2.45) is 0 Å². The molecular weight excluding hydrogens is 246 g/mol. The number of amides is 1. The van der Waals surface area contributed by atoms with Crippen molar-refractivity contribution in [3.63, 3.8) is 0 Å². The van der Waals surface area contributed by atoms with E-state index in [1.165, 1.54) is 4.90 Å². The summed E-state index contributed by atoms with van der Waals surface area (Å²) in [5.41, 5.74) is 1.16. The van der Waals surface area contributed by atoms with Gasteiger partial charge in [-0.1, -0.05) is 12.1 Å². The SMILES string of the molecule is COCCCOCCN1C(=O)C(=O)c2ccccc21. The molecule has 1 amide bonds. The minimum absolute atomic E-state index is 0.397. The first-order chi connectivity index (χ1) is 9.25. The summed E-state index contributed by atoms with van der Waals surface area (Å²) < 4.78 is 10.3. The molecule has 1 heterocycles. The second-order valence-electron chi connectivity index (χ2n) is 4.26. The highest BCUT2D eigenvalue weighted by Gasteiger charge is 2.34. The fourth-order valence-electron chi connectivity index (χ4n) is 2.03. The molecule has 0 fully saturated rings. The zero-order valence-corrected chi connectivity index (χ0v) is 10.9. The Labute approximate surface area is 112 Å². The van der Waals surface area contributed by atoms with Crippen molar-refractivity contribution in [2.75, 3.05) is 38.4 Å². The number of ether oxygens (including phenoxy) is 2. The number of methoxy groups -OCH3 is 1. The van der Waals surface area contributed by atoms with Crippen molar-refractivity contribution in [1.29, 1.82) is 0 Å². The van der Waals surface area contributed by atoms with Crippen LogP contribution in [0.15, 0.2) is 24.3 Å². The molecule has 0 radical (unpaired) electrons. The Balaban J connectivity index is 1.87. The molecule has 0 aromatic heterocycles. The van der Waals surface area contributed by atoms with Crippen LogP contribution in [0.5, 0.6) is 0 Å². The molecule has 5 heteroatoms. The summed E-state index contributed by atoms with van der Waals surface area (Å²) in [7, 11) is 1.64. The summed E-state index contributed by atoms with van der Waals surface area (Å²) in [6.45, 7) is 2.06. The summed E-state index contributed by atoms with van der Waals surface area (Å²) in [4.78, 5) is 25.0. The first-order valence-corrected chi connectivity index (χ1v) is 6.27. The van der Waals surface area contributed by atoms with Gasteiger partial charge in [-0.05, 0) is 18.6 Å². The highest BCUT2D eigenvalue weighted by atomic mass is 16.5. The lowest BCUT2D eigenvalue weighted by molar-refractivity contribution is -0.114. The summed E-state index contributed by atoms with van der Waals surface area (Å²) >= 11 is 0. The normalized spacial score (nSPS) is 14.1. The van der Waals surface area contributed by atoms with Gasteiger partial charge in [-0.15, -0.1) is 0 Å². The maximum atomic E-state index is 11.8. The van der Waals surface area contributed by atoms with Crippen LogP contribution in [-0.2, 0) is 14.3 Å². The predicted octanol–water partition coefficient (Wildman–Crippen LogP) is 1.27. The van der Waals surface area contributed by atoms with Crippen molar-refractivity contribution in [1.82, 2.24) is 0 Å². The Bertz CT molecular complexity index is 472. The molecule has 0 saturated heterocycles. The topological polar surface area (TPSA) is 55.8 Å². The molecule has 1 aliphatic rings. The lowest BCUT2D eigenvalue weighted by Crippen LogP contribution is -2.32. The molecule has 19 heavy (non-hydrogen) atoms. The molecule has 1 aliphatic heterocycles. The Morgan fingerprint density at radius 1 is 1.11 bits per heavy atom. The summed E-state index contributed by atoms with van der Waals surface area (Å²) in [5.74, 6) is -0.906. The van der Waals surface area contributed by atoms with Gasteiger partial charge in [0.05, 0.1) is 17.9 Å². The number of anilines is 1. The van der Waals surface area contributed by atoms with E-state index in [1.54, 1.807) is 25.3 Å². The number of benzene rings is 1. The Morgan fingerprint density at radius 3 is 2.68 bits per heavy atom. The van der Waals surface area contributed by atoms with Crippen molar-refractivity contribution < 1.29 is 19.1 Å². The highest BCUT2D eigenvalue weighted by molar-refractivity contribution is 6.52. The van der Waals surface area contributed by atoms with Crippen LogP contribution >= 0.6 is 0 Å². The van der Waals surface area contributed by atoms with Gasteiger partial charge in [0.15, 0.2) is 0 Å². The van der Waals surface area contributed by atoms with Gasteiger partial charge < -0.3 is 14.4 Å². The van der Waals surface area contributed by atoms with E-state index in [0.717, 1.165) is 6.42 Å². The molecule has 0 atom stereocenters. The number of Topliss-reactive ketones (excluding diaryl/α,β-unsaturated/α-hetero) is 1. The number of ketones is 1. The van der Waals surface area contributed by atoms with E-state index in [-0.39, 0.29) is 0 Å². The second kappa shape index (κ2) is 6.45. The number of hydrogen-bond acceptors (Lipinski definition) is 4. The standard InChI is InChI=1S/C14H17NO4/c1-18-8-4-9-19-10-7-15-12-6-3-2-5-11(12)13(16)14(15)17/h2-3,5-6H,4,7-10H2,1H3. The van der Waals surface area contributed by atoms with Crippen LogP contribution in [0.25, 0.3) is 0 Å². The molecule has 0 spiro atoms. The van der Waals surface area contributed by atoms with Crippen LogP contribution in [0, 0.1) is 0 Å². The van der Waals surface area contributed by atoms with E-state index in [1.807, 2.05) is 6.07 Å². The third-order valence-corrected chi connectivity index (χ3v) is 2.98. The fraction of sp³-hybridized carbons (Fsp3) is 0.429. The van der Waals surface area contributed by atoms with Crippen molar-refractivity contribution in [2.45, 2.75) is 6.42 Å². The molecule has 0 unspecified atom stereocenters. The number of rotatable bonds is 7. The van der Waals surface area contributed by atoms with E-state index in [2.05, 4.69) is 0 Å². The highest BCUT2D eigenvalue weighted by Crippen LogP contribution is 2.27. The average Bonchev–Trinajstić information content (AvgIpc) is 2.68. The molecule has 1 aromatic rings. The molecule has 5 nitrogen and oxygen atoms in total. The second-order valence-corrected chi connectivity index (χ2v) is 4.26. The van der Waals surface area contributed by atoms with Gasteiger partial charge in [-0.2, -0.15) is 0 Å². The van der Waals surface area contributed by atoms with E-state index < -0.39 is 11.7 Å². The molecule has 0 aliphatic carbocycles. The monoisotopic (exact) mass is 263 g/mol. The molecule has 0 N–H and O–H groups in total. The number of carbonyl (C=O) groups excluding carboxylic acids is 2. The lowest BCUT2D eigenvalue weighted by atomic mass is 10.1. The maximum absolute atomic E-state index is 11.8. The Kier molecular flexibility index (Phi) is 4.65. The number of nitrogens with zero attached hydrogens (tertiary/aromatic N) is 1. The molecule has 1 aromatic carbocycles. The van der Waals surface area contributed by atoms with E-state index in [4.69, 9.17) is 9.47 Å². The smallest absolute Gasteiger partial charge is 0.299 e. The van der Waals surface area contributed by atoms with Crippen LogP contribution in [0.3, 0.4) is 0 Å². The van der Waals surface area contributed by atoms with Gasteiger partial charge in [0.25, 0.3) is 11.7 Å². The number of hydrogen-bond donors (Lipinski definition) is 0. The molecule has 0 saturated carbocycles. The van der Waals surface area contributed by atoms with Crippen LogP contribution in [0.2, 0.25) is 0 Å². The first kappa shape index (κ1) is 13.7. The van der Waals surface area contributed by atoms with Crippen molar-refractivity contribution in [3.8, 4) is 0 Å². The van der Waals surface area contributed by atoms with Gasteiger partial charge in [0.2, 0.25) is 0 Å². The van der Waals surface area contributed by atoms with Gasteiger partial charge in [0.1, 0.15) is 0 Å². The van der Waals surface area contributed by atoms with Gasteiger partial charge in [-0.3, -0.25) is 9.59 Å². The summed E-state index contributed by atoms with van der Waals surface area (Å²) in [6, 6.07) is 7.03. The van der Waals surface area contributed by atoms with Gasteiger partial charge in [-0.25, -0.2) is 0 Å². The third kappa shape index (κ3) is 3.00. The summed E-state index contributed by atoms with van der Waals surface area (Å²) in [6.07, 6.45) is 0.819. The minimum atomic E-state index is -0.471. The zero-order chi connectivity index (χ0) is 13.7. The minimum Gasteiger partial charge on any atom is -0.385 e. The van der Waals surface area contributed by atoms with Gasteiger partial charge in [0, 0.05) is 26.9 Å². The number of para-hydroxylation sites is 1. The van der Waals surface area contributed by atoms with E-state index in [0.29, 0.717) is 37.6 Å². The quantitative estimate of drug-likeness (QED) is 0.549. The molecular formula is C14H17NO4. The summed E-state index contributed by atoms with van der Waals surface area (Å²) in [5, 5.41) is 0. The third-order valence-electron chi connectivity index (χ3n) is 2.98. The maximum Gasteiger partial charge on any atom is 0.299 e. The Hall–Kier alpha value is -1.72. The van der Waals surface area contributed by atoms with Crippen LogP contribution in [-0.4, -0.2) is 45.2 Å².